The van der Waals surface area contributed by atoms with Crippen molar-refractivity contribution in [1.82, 2.24) is 5.32 Å². The smallest absolute Gasteiger partial charge is 0.0474 e. The van der Waals surface area contributed by atoms with Crippen LogP contribution in [0.25, 0.3) is 0 Å². The summed E-state index contributed by atoms with van der Waals surface area (Å²) in [5.74, 6) is 0. The van der Waals surface area contributed by atoms with E-state index in [1.54, 1.807) is 7.11 Å². The maximum Gasteiger partial charge on any atom is 0.0474 e. The van der Waals surface area contributed by atoms with Crippen molar-refractivity contribution >= 4 is 0 Å². The van der Waals surface area contributed by atoms with Gasteiger partial charge in [0.05, 0.1) is 0 Å². The van der Waals surface area contributed by atoms with Crippen molar-refractivity contribution in [2.75, 3.05) is 26.8 Å². The van der Waals surface area contributed by atoms with Gasteiger partial charge in [-0.3, -0.25) is 0 Å². The van der Waals surface area contributed by atoms with Gasteiger partial charge in [-0.1, -0.05) is 5.57 Å². The number of nitrogens with one attached hydrogen (secondary N) is 1. The van der Waals surface area contributed by atoms with E-state index >= 15 is 0 Å². The van der Waals surface area contributed by atoms with Crippen LogP contribution in [0.3, 0.4) is 0 Å². The van der Waals surface area contributed by atoms with Crippen molar-refractivity contribution in [2.24, 2.45) is 0 Å². The second kappa shape index (κ2) is 7.76. The summed E-state index contributed by atoms with van der Waals surface area (Å²) in [6, 6.07) is 0. The number of methoxy groups -OCH3 is 1. The Bertz CT molecular complexity index is 102. The van der Waals surface area contributed by atoms with Crippen LogP contribution in [0.1, 0.15) is 19.8 Å². The molecule has 0 aliphatic heterocycles. The Hall–Kier alpha value is -0.340. The summed E-state index contributed by atoms with van der Waals surface area (Å²) in [6.07, 6.45) is 2.17. The molecule has 0 heterocycles. The molecule has 0 aliphatic carbocycles. The maximum absolute atomic E-state index is 4.91. The first-order valence-electron chi connectivity index (χ1n) is 4.11. The molecule has 0 fully saturated rings. The molecule has 0 saturated carbocycles. The molecule has 1 N–H and O–H groups in total. The molecule has 0 bridgehead atoms. The molecule has 66 valence electrons. The Morgan fingerprint density at radius 1 is 1.45 bits per heavy atom. The monoisotopic (exact) mass is 157 g/mol. The quantitative estimate of drug-likeness (QED) is 0.447. The zero-order valence-corrected chi connectivity index (χ0v) is 7.65. The van der Waals surface area contributed by atoms with Crippen LogP contribution in [0.2, 0.25) is 0 Å². The molecule has 0 amide bonds. The van der Waals surface area contributed by atoms with Gasteiger partial charge in [-0.15, -0.1) is 6.58 Å². The lowest BCUT2D eigenvalue weighted by atomic mass is 10.2. The van der Waals surface area contributed by atoms with Gasteiger partial charge < -0.3 is 10.1 Å². The third kappa shape index (κ3) is 9.66. The summed E-state index contributed by atoms with van der Waals surface area (Å²) in [6.45, 7) is 8.81. The van der Waals surface area contributed by atoms with Gasteiger partial charge in [-0.05, 0) is 32.9 Å². The third-order valence-electron chi connectivity index (χ3n) is 1.43. The summed E-state index contributed by atoms with van der Waals surface area (Å²) in [4.78, 5) is 0. The molecule has 0 spiro atoms. The first-order valence-corrected chi connectivity index (χ1v) is 4.11. The normalized spacial score (nSPS) is 10.0. The zero-order chi connectivity index (χ0) is 8.53. The van der Waals surface area contributed by atoms with Gasteiger partial charge in [-0.25, -0.2) is 0 Å². The van der Waals surface area contributed by atoms with E-state index in [0.717, 1.165) is 32.5 Å². The molecule has 0 aromatic heterocycles. The Morgan fingerprint density at radius 3 is 2.73 bits per heavy atom. The van der Waals surface area contributed by atoms with E-state index in [0.29, 0.717) is 0 Å². The van der Waals surface area contributed by atoms with Crippen LogP contribution in [-0.4, -0.2) is 26.8 Å². The van der Waals surface area contributed by atoms with Crippen LogP contribution in [-0.2, 0) is 4.74 Å². The zero-order valence-electron chi connectivity index (χ0n) is 7.65. The fraction of sp³-hybridized carbons (Fsp3) is 0.778. The van der Waals surface area contributed by atoms with E-state index in [-0.39, 0.29) is 0 Å². The molecule has 0 aromatic rings. The van der Waals surface area contributed by atoms with Crippen LogP contribution >= 0.6 is 0 Å². The van der Waals surface area contributed by atoms with Crippen LogP contribution in [0.4, 0.5) is 0 Å². The van der Waals surface area contributed by atoms with E-state index in [1.165, 1.54) is 5.57 Å². The van der Waals surface area contributed by atoms with Gasteiger partial charge in [0.15, 0.2) is 0 Å². The average Bonchev–Trinajstić information content (AvgIpc) is 1.96. The molecule has 0 aliphatic rings. The maximum atomic E-state index is 4.91. The first kappa shape index (κ1) is 10.7. The highest BCUT2D eigenvalue weighted by Crippen LogP contribution is 1.91. The van der Waals surface area contributed by atoms with Crippen molar-refractivity contribution < 1.29 is 4.74 Å². The summed E-state index contributed by atoms with van der Waals surface area (Å²) >= 11 is 0. The predicted octanol–water partition coefficient (Wildman–Crippen LogP) is 1.58. The van der Waals surface area contributed by atoms with E-state index in [4.69, 9.17) is 4.74 Å². The summed E-state index contributed by atoms with van der Waals surface area (Å²) < 4.78 is 4.91. The molecule has 0 atom stereocenters. The highest BCUT2D eigenvalue weighted by molar-refractivity contribution is 4.87. The average molecular weight is 157 g/mol. The Labute approximate surface area is 69.6 Å². The van der Waals surface area contributed by atoms with Crippen molar-refractivity contribution in [3.05, 3.63) is 12.2 Å². The van der Waals surface area contributed by atoms with Gasteiger partial charge in [0.1, 0.15) is 0 Å². The molecule has 0 radical (unpaired) electrons. The van der Waals surface area contributed by atoms with Crippen molar-refractivity contribution in [3.8, 4) is 0 Å². The van der Waals surface area contributed by atoms with Gasteiger partial charge in [-0.2, -0.15) is 0 Å². The van der Waals surface area contributed by atoms with Crippen molar-refractivity contribution in [3.63, 3.8) is 0 Å². The van der Waals surface area contributed by atoms with Crippen LogP contribution < -0.4 is 5.32 Å². The van der Waals surface area contributed by atoms with Gasteiger partial charge in [0, 0.05) is 13.7 Å². The molecule has 0 unspecified atom stereocenters. The minimum atomic E-state index is 0.847. The Kier molecular flexibility index (Phi) is 7.52. The minimum absolute atomic E-state index is 0.847. The fourth-order valence-corrected chi connectivity index (χ4v) is 0.768. The van der Waals surface area contributed by atoms with E-state index in [9.17, 15) is 0 Å². The van der Waals surface area contributed by atoms with Gasteiger partial charge in [0.2, 0.25) is 0 Å². The standard InChI is InChI=1S/C9H19NO/c1-9(2)5-7-10-6-4-8-11-3/h10H,1,4-8H2,2-3H3. The summed E-state index contributed by atoms with van der Waals surface area (Å²) in [7, 11) is 1.73. The Morgan fingerprint density at radius 2 is 2.18 bits per heavy atom. The molecule has 2 nitrogen and oxygen atoms in total. The number of ether oxygens (including phenoxy) is 1. The molecule has 0 saturated heterocycles. The molecular formula is C9H19NO. The highest BCUT2D eigenvalue weighted by atomic mass is 16.5. The summed E-state index contributed by atoms with van der Waals surface area (Å²) in [5, 5.41) is 3.31. The van der Waals surface area contributed by atoms with Gasteiger partial charge in [0.25, 0.3) is 0 Å². The first-order chi connectivity index (χ1) is 5.27. The number of rotatable bonds is 7. The molecule has 0 aromatic carbocycles. The van der Waals surface area contributed by atoms with Gasteiger partial charge >= 0.3 is 0 Å². The predicted molar refractivity (Wildman–Crippen MR) is 48.8 cm³/mol. The lowest BCUT2D eigenvalue weighted by molar-refractivity contribution is 0.194. The SMILES string of the molecule is C=C(C)CCNCCCOC. The van der Waals surface area contributed by atoms with Crippen molar-refractivity contribution in [1.29, 1.82) is 0 Å². The molecule has 2 heteroatoms. The highest BCUT2D eigenvalue weighted by Gasteiger charge is 1.87. The minimum Gasteiger partial charge on any atom is -0.385 e. The number of hydrogen-bond donors (Lipinski definition) is 1. The molecule has 0 rings (SSSR count). The second-order valence-corrected chi connectivity index (χ2v) is 2.80. The molecular weight excluding hydrogens is 138 g/mol. The lowest BCUT2D eigenvalue weighted by Gasteiger charge is -2.02. The van der Waals surface area contributed by atoms with E-state index < -0.39 is 0 Å². The van der Waals surface area contributed by atoms with Crippen molar-refractivity contribution in [2.45, 2.75) is 19.8 Å². The largest absolute Gasteiger partial charge is 0.385 e. The third-order valence-corrected chi connectivity index (χ3v) is 1.43. The summed E-state index contributed by atoms with van der Waals surface area (Å²) in [5.41, 5.74) is 1.24. The molecule has 11 heavy (non-hydrogen) atoms. The lowest BCUT2D eigenvalue weighted by Crippen LogP contribution is -2.17. The van der Waals surface area contributed by atoms with Crippen LogP contribution in [0, 0.1) is 0 Å². The van der Waals surface area contributed by atoms with Crippen LogP contribution in [0.5, 0.6) is 0 Å². The van der Waals surface area contributed by atoms with E-state index in [2.05, 4.69) is 18.8 Å². The Balaban J connectivity index is 2.85. The topological polar surface area (TPSA) is 21.3 Å². The van der Waals surface area contributed by atoms with E-state index in [1.807, 2.05) is 0 Å². The second-order valence-electron chi connectivity index (χ2n) is 2.80. The number of hydrogen-bond acceptors (Lipinski definition) is 2. The fourth-order valence-electron chi connectivity index (χ4n) is 0.768. The van der Waals surface area contributed by atoms with Crippen LogP contribution in [0.15, 0.2) is 12.2 Å².